The molecule has 0 N–H and O–H groups in total. The summed E-state index contributed by atoms with van der Waals surface area (Å²) in [5.74, 6) is 7.82. The van der Waals surface area contributed by atoms with E-state index in [2.05, 4.69) is 17.8 Å². The summed E-state index contributed by atoms with van der Waals surface area (Å²) >= 11 is 0. The lowest BCUT2D eigenvalue weighted by molar-refractivity contribution is 0.0923. The van der Waals surface area contributed by atoms with Crippen LogP contribution in [-0.2, 0) is 28.6 Å². The molecule has 2 aliphatic heterocycles. The molecule has 0 radical (unpaired) electrons. The molecule has 0 aliphatic carbocycles. The van der Waals surface area contributed by atoms with Crippen LogP contribution >= 0.6 is 0 Å². The number of hydrogen-bond donors (Lipinski definition) is 0. The second kappa shape index (κ2) is 6.34. The summed E-state index contributed by atoms with van der Waals surface area (Å²) in [4.78, 5) is 0. The summed E-state index contributed by atoms with van der Waals surface area (Å²) in [5, 5.41) is 0. The van der Waals surface area contributed by atoms with Crippen LogP contribution in [0.3, 0.4) is 0 Å². The summed E-state index contributed by atoms with van der Waals surface area (Å²) in [7, 11) is -7.12. The summed E-state index contributed by atoms with van der Waals surface area (Å²) < 4.78 is 56.3. The maximum absolute atomic E-state index is 11.6. The first kappa shape index (κ1) is 19.3. The van der Waals surface area contributed by atoms with Crippen molar-refractivity contribution < 1.29 is 25.2 Å². The third-order valence-corrected chi connectivity index (χ3v) is 7.05. The molecule has 0 spiro atoms. The van der Waals surface area contributed by atoms with Crippen molar-refractivity contribution in [3.63, 3.8) is 0 Å². The smallest absolute Gasteiger partial charge is 0.268 e. The Balaban J connectivity index is 2.15. The largest absolute Gasteiger partial charge is 0.269 e. The van der Waals surface area contributed by atoms with E-state index in [1.165, 1.54) is 0 Å². The van der Waals surface area contributed by atoms with E-state index >= 15 is 0 Å². The lowest BCUT2D eigenvalue weighted by Gasteiger charge is -2.37. The van der Waals surface area contributed by atoms with Crippen LogP contribution in [-0.4, -0.2) is 41.1 Å². The zero-order valence-electron chi connectivity index (χ0n) is 14.0. The van der Waals surface area contributed by atoms with Gasteiger partial charge in [-0.15, -0.1) is 12.3 Å². The Morgan fingerprint density at radius 3 is 2.46 bits per heavy atom. The highest BCUT2D eigenvalue weighted by atomic mass is 32.2. The average Bonchev–Trinajstić information content (AvgIpc) is 2.46. The van der Waals surface area contributed by atoms with Gasteiger partial charge in [-0.25, -0.2) is 0 Å². The highest BCUT2D eigenvalue weighted by Gasteiger charge is 2.42. The van der Waals surface area contributed by atoms with Crippen molar-refractivity contribution in [1.29, 1.82) is 0 Å². The molecule has 134 valence electrons. The van der Waals surface area contributed by atoms with E-state index in [1.54, 1.807) is 0 Å². The molecular formula is C16H22O6S2. The van der Waals surface area contributed by atoms with Crippen molar-refractivity contribution in [3.8, 4) is 24.2 Å². The van der Waals surface area contributed by atoms with Gasteiger partial charge in [0.1, 0.15) is 6.10 Å². The summed E-state index contributed by atoms with van der Waals surface area (Å²) in [6, 6.07) is 0. The quantitative estimate of drug-likeness (QED) is 0.505. The Labute approximate surface area is 144 Å². The van der Waals surface area contributed by atoms with Crippen LogP contribution in [0.2, 0.25) is 0 Å². The standard InChI is InChI=1S/C16H22O6S2/c1-5-14-16(4,9-10-23(17,18)22-14)8-6-7-13-11-24(19,20)21-12-15(13,2)3/h1,13-14H,8-12H2,2-4H3. The van der Waals surface area contributed by atoms with Crippen molar-refractivity contribution in [2.45, 2.75) is 39.7 Å². The summed E-state index contributed by atoms with van der Waals surface area (Å²) in [6.07, 6.45) is 5.24. The fourth-order valence-corrected chi connectivity index (χ4v) is 5.56. The Bertz CT molecular complexity index is 807. The molecule has 2 rings (SSSR count). The lowest BCUT2D eigenvalue weighted by Crippen LogP contribution is -2.42. The van der Waals surface area contributed by atoms with Crippen LogP contribution in [0.15, 0.2) is 0 Å². The highest BCUT2D eigenvalue weighted by molar-refractivity contribution is 7.87. The first-order valence-electron chi connectivity index (χ1n) is 7.62. The minimum atomic E-state index is -3.58. The zero-order valence-corrected chi connectivity index (χ0v) is 15.7. The molecule has 2 saturated heterocycles. The van der Waals surface area contributed by atoms with E-state index in [-0.39, 0.29) is 29.4 Å². The molecule has 2 fully saturated rings. The van der Waals surface area contributed by atoms with Crippen LogP contribution in [0.4, 0.5) is 0 Å². The van der Waals surface area contributed by atoms with Gasteiger partial charge < -0.3 is 0 Å². The number of terminal acetylenes is 1. The maximum atomic E-state index is 11.6. The fraction of sp³-hybridized carbons (Fsp3) is 0.750. The van der Waals surface area contributed by atoms with Gasteiger partial charge in [-0.2, -0.15) is 16.8 Å². The van der Waals surface area contributed by atoms with Gasteiger partial charge in [0.05, 0.1) is 18.1 Å². The molecule has 0 bridgehead atoms. The van der Waals surface area contributed by atoms with Crippen LogP contribution < -0.4 is 0 Å². The van der Waals surface area contributed by atoms with Gasteiger partial charge in [0.2, 0.25) is 0 Å². The topological polar surface area (TPSA) is 86.7 Å². The SMILES string of the molecule is C#CC1OS(=O)(=O)CCC1(C)CC#CC1CS(=O)(=O)OCC1(C)C. The molecule has 8 heteroatoms. The van der Waals surface area contributed by atoms with Gasteiger partial charge in [0.25, 0.3) is 20.2 Å². The minimum Gasteiger partial charge on any atom is -0.269 e. The molecule has 24 heavy (non-hydrogen) atoms. The van der Waals surface area contributed by atoms with Crippen LogP contribution in [0.1, 0.15) is 33.6 Å². The van der Waals surface area contributed by atoms with E-state index in [0.29, 0.717) is 12.8 Å². The zero-order chi connectivity index (χ0) is 18.2. The molecule has 0 aromatic rings. The van der Waals surface area contributed by atoms with E-state index in [0.717, 1.165) is 0 Å². The molecular weight excluding hydrogens is 352 g/mol. The van der Waals surface area contributed by atoms with Crippen molar-refractivity contribution in [1.82, 2.24) is 0 Å². The van der Waals surface area contributed by atoms with Gasteiger partial charge in [-0.05, 0) is 6.42 Å². The monoisotopic (exact) mass is 374 g/mol. The lowest BCUT2D eigenvalue weighted by atomic mass is 9.77. The molecule has 3 atom stereocenters. The number of hydrogen-bond acceptors (Lipinski definition) is 6. The Morgan fingerprint density at radius 2 is 1.83 bits per heavy atom. The molecule has 0 aromatic heterocycles. The summed E-state index contributed by atoms with van der Waals surface area (Å²) in [5.41, 5.74) is -0.960. The van der Waals surface area contributed by atoms with E-state index in [9.17, 15) is 16.8 Å². The van der Waals surface area contributed by atoms with E-state index in [1.807, 2.05) is 20.8 Å². The van der Waals surface area contributed by atoms with Gasteiger partial charge in [-0.3, -0.25) is 8.37 Å². The first-order chi connectivity index (χ1) is 10.9. The minimum absolute atomic E-state index is 0.0967. The highest BCUT2D eigenvalue weighted by Crippen LogP contribution is 2.38. The van der Waals surface area contributed by atoms with Crippen LogP contribution in [0.5, 0.6) is 0 Å². The predicted molar refractivity (Wildman–Crippen MR) is 89.6 cm³/mol. The van der Waals surface area contributed by atoms with Crippen molar-refractivity contribution in [3.05, 3.63) is 0 Å². The molecule has 6 nitrogen and oxygen atoms in total. The Morgan fingerprint density at radius 1 is 1.17 bits per heavy atom. The fourth-order valence-electron chi connectivity index (χ4n) is 2.64. The molecule has 3 unspecified atom stereocenters. The second-order valence-electron chi connectivity index (χ2n) is 7.33. The van der Waals surface area contributed by atoms with Gasteiger partial charge in [-0.1, -0.05) is 32.6 Å². The van der Waals surface area contributed by atoms with Crippen LogP contribution in [0, 0.1) is 40.9 Å². The van der Waals surface area contributed by atoms with Crippen molar-refractivity contribution >= 4 is 20.2 Å². The van der Waals surface area contributed by atoms with Gasteiger partial charge in [0.15, 0.2) is 0 Å². The Kier molecular flexibility index (Phi) is 5.09. The average molecular weight is 374 g/mol. The number of rotatable bonds is 1. The predicted octanol–water partition coefficient (Wildman–Crippen LogP) is 1.14. The molecule has 0 aromatic carbocycles. The Hall–Kier alpha value is -1.06. The third-order valence-electron chi connectivity index (χ3n) is 4.64. The van der Waals surface area contributed by atoms with Crippen LogP contribution in [0.25, 0.3) is 0 Å². The summed E-state index contributed by atoms with van der Waals surface area (Å²) in [6.45, 7) is 5.75. The molecule has 2 aliphatic rings. The normalized spacial score (nSPS) is 36.8. The molecule has 2 heterocycles. The van der Waals surface area contributed by atoms with E-state index in [4.69, 9.17) is 14.8 Å². The van der Waals surface area contributed by atoms with Gasteiger partial charge >= 0.3 is 0 Å². The van der Waals surface area contributed by atoms with Crippen molar-refractivity contribution in [2.24, 2.45) is 16.7 Å². The third kappa shape index (κ3) is 4.31. The second-order valence-corrected chi connectivity index (χ2v) is 10.7. The molecule has 0 saturated carbocycles. The first-order valence-corrected chi connectivity index (χ1v) is 10.8. The van der Waals surface area contributed by atoms with Crippen molar-refractivity contribution in [2.75, 3.05) is 18.1 Å². The maximum Gasteiger partial charge on any atom is 0.268 e. The van der Waals surface area contributed by atoms with E-state index < -0.39 is 31.8 Å². The van der Waals surface area contributed by atoms with Gasteiger partial charge in [0, 0.05) is 23.2 Å². The molecule has 0 amide bonds.